The molecule has 0 radical (unpaired) electrons. The molecule has 0 aromatic heterocycles. The highest BCUT2D eigenvalue weighted by atomic mass is 32.2. The Bertz CT molecular complexity index is 1230. The van der Waals surface area contributed by atoms with Gasteiger partial charge in [0.15, 0.2) is 11.6 Å². The Kier molecular flexibility index (Phi) is 7.30. The smallest absolute Gasteiger partial charge is 0.344 e. The van der Waals surface area contributed by atoms with Gasteiger partial charge in [-0.2, -0.15) is 8.78 Å². The molecule has 2 aromatic rings. The zero-order valence-corrected chi connectivity index (χ0v) is 21.9. The average Bonchev–Trinajstić information content (AvgIpc) is 2.65. The van der Waals surface area contributed by atoms with E-state index in [2.05, 4.69) is 0 Å². The summed E-state index contributed by atoms with van der Waals surface area (Å²) in [6.07, 6.45) is 0. The van der Waals surface area contributed by atoms with Gasteiger partial charge in [0.1, 0.15) is 15.0 Å². The third-order valence-electron chi connectivity index (χ3n) is 5.45. The Balaban J connectivity index is 2.88. The van der Waals surface area contributed by atoms with Crippen LogP contribution in [0.3, 0.4) is 0 Å². The number of benzene rings is 2. The highest BCUT2D eigenvalue weighted by molar-refractivity contribution is 7.85. The lowest BCUT2D eigenvalue weighted by atomic mass is 9.72. The van der Waals surface area contributed by atoms with E-state index in [0.29, 0.717) is 11.1 Å². The van der Waals surface area contributed by atoms with Gasteiger partial charge in [0.2, 0.25) is 17.4 Å². The van der Waals surface area contributed by atoms with Crippen molar-refractivity contribution in [3.63, 3.8) is 0 Å². The van der Waals surface area contributed by atoms with Crippen LogP contribution < -0.4 is 4.74 Å². The number of rotatable bonds is 3. The van der Waals surface area contributed by atoms with E-state index in [1.54, 1.807) is 12.1 Å². The quantitative estimate of drug-likeness (QED) is 0.158. The summed E-state index contributed by atoms with van der Waals surface area (Å²) in [5, 5.41) is 0. The lowest BCUT2D eigenvalue weighted by Crippen LogP contribution is -2.28. The number of ether oxygens (including phenoxy) is 1. The predicted molar refractivity (Wildman–Crippen MR) is 122 cm³/mol. The van der Waals surface area contributed by atoms with E-state index in [0.717, 1.165) is 5.56 Å². The molecule has 0 aliphatic carbocycles. The minimum Gasteiger partial charge on any atom is -0.744 e. The molecule has 0 aliphatic rings. The molecule has 0 unspecified atom stereocenters. The molecule has 0 aliphatic heterocycles. The largest absolute Gasteiger partial charge is 0.744 e. The average molecular weight is 518 g/mol. The van der Waals surface area contributed by atoms with Crippen molar-refractivity contribution in [3.05, 3.63) is 57.7 Å². The van der Waals surface area contributed by atoms with E-state index >= 15 is 0 Å². The first-order chi connectivity index (χ1) is 15.5. The molecule has 0 spiro atoms. The maximum atomic E-state index is 14.5. The SMILES string of the molecule is CC(C)(C)c1cc(C(C)(C)C)c(C(=O)Oc2c(F)c(F)c(S(=O)(=O)[O-])c(F)c2F)c(C(C)(C)C)c1. The molecule has 5 nitrogen and oxygen atoms in total. The Labute approximate surface area is 203 Å². The molecule has 2 aromatic carbocycles. The summed E-state index contributed by atoms with van der Waals surface area (Å²) in [7, 11) is -5.90. The van der Waals surface area contributed by atoms with Crippen molar-refractivity contribution in [2.75, 3.05) is 0 Å². The van der Waals surface area contributed by atoms with Crippen LogP contribution in [0.1, 0.15) is 89.4 Å². The van der Waals surface area contributed by atoms with E-state index in [1.165, 1.54) is 0 Å². The van der Waals surface area contributed by atoms with E-state index in [9.17, 15) is 35.3 Å². The zero-order valence-electron chi connectivity index (χ0n) is 21.1. The van der Waals surface area contributed by atoms with Crippen molar-refractivity contribution < 1.29 is 40.1 Å². The van der Waals surface area contributed by atoms with Crippen molar-refractivity contribution in [2.24, 2.45) is 0 Å². The van der Waals surface area contributed by atoms with Crippen LogP contribution in [0.15, 0.2) is 17.0 Å². The van der Waals surface area contributed by atoms with E-state index < -0.39 is 60.8 Å². The minimum atomic E-state index is -5.90. The van der Waals surface area contributed by atoms with Gasteiger partial charge in [0.05, 0.1) is 5.56 Å². The van der Waals surface area contributed by atoms with Crippen molar-refractivity contribution in [1.29, 1.82) is 0 Å². The molecule has 0 atom stereocenters. The maximum Gasteiger partial charge on any atom is 0.344 e. The van der Waals surface area contributed by atoms with Crippen LogP contribution >= 0.6 is 0 Å². The number of carbonyl (C=O) groups excluding carboxylic acids is 1. The van der Waals surface area contributed by atoms with Gasteiger partial charge in [-0.25, -0.2) is 22.0 Å². The summed E-state index contributed by atoms with van der Waals surface area (Å²) in [5.41, 5.74) is 0.127. The first kappa shape index (κ1) is 28.8. The number of halogens is 4. The second-order valence-corrected chi connectivity index (χ2v) is 12.8. The van der Waals surface area contributed by atoms with E-state index in [-0.39, 0.29) is 11.0 Å². The Morgan fingerprint density at radius 1 is 0.743 bits per heavy atom. The summed E-state index contributed by atoms with van der Waals surface area (Å²) >= 11 is 0. The molecule has 2 rings (SSSR count). The molecule has 0 fully saturated rings. The van der Waals surface area contributed by atoms with Crippen LogP contribution in [0.2, 0.25) is 0 Å². The standard InChI is InChI=1S/C25H30F4O5S/c1-23(2,3)12-10-13(24(4,5)6)15(14(11-12)25(7,8)9)22(30)34-20-16(26)18(28)21(35(31,32)33)19(29)17(20)27/h10-11H,1-9H3,(H,31,32,33)/p-1. The van der Waals surface area contributed by atoms with Gasteiger partial charge < -0.3 is 9.29 Å². The van der Waals surface area contributed by atoms with Crippen LogP contribution in [0.25, 0.3) is 0 Å². The van der Waals surface area contributed by atoms with Crippen molar-refractivity contribution in [1.82, 2.24) is 0 Å². The Hall–Kier alpha value is -2.46. The number of esters is 1. The molecular weight excluding hydrogens is 488 g/mol. The Morgan fingerprint density at radius 2 is 1.11 bits per heavy atom. The summed E-state index contributed by atoms with van der Waals surface area (Å²) in [5.74, 6) is -12.7. The van der Waals surface area contributed by atoms with Gasteiger partial charge in [0.25, 0.3) is 0 Å². The fraction of sp³-hybridized carbons (Fsp3) is 0.480. The summed E-state index contributed by atoms with van der Waals surface area (Å²) in [6.45, 7) is 16.8. The van der Waals surface area contributed by atoms with Crippen LogP contribution in [-0.4, -0.2) is 18.9 Å². The number of hydrogen-bond acceptors (Lipinski definition) is 5. The molecule has 0 heterocycles. The second kappa shape index (κ2) is 8.89. The number of hydrogen-bond donors (Lipinski definition) is 0. The second-order valence-electron chi connectivity index (χ2n) is 11.5. The van der Waals surface area contributed by atoms with Gasteiger partial charge in [-0.05, 0) is 32.9 Å². The molecule has 194 valence electrons. The molecule has 0 bridgehead atoms. The van der Waals surface area contributed by atoms with Crippen LogP contribution in [0.5, 0.6) is 5.75 Å². The fourth-order valence-electron chi connectivity index (χ4n) is 3.52. The summed E-state index contributed by atoms with van der Waals surface area (Å²) < 4.78 is 95.6. The highest BCUT2D eigenvalue weighted by Gasteiger charge is 2.36. The molecular formula is C25H29F4O5S-. The predicted octanol–water partition coefficient (Wildman–Crippen LogP) is 6.26. The van der Waals surface area contributed by atoms with Crippen LogP contribution in [-0.2, 0) is 26.4 Å². The summed E-state index contributed by atoms with van der Waals surface area (Å²) in [6, 6.07) is 3.54. The van der Waals surface area contributed by atoms with Crippen molar-refractivity contribution in [2.45, 2.75) is 83.5 Å². The zero-order chi connectivity index (χ0) is 27.5. The molecule has 0 saturated carbocycles. The van der Waals surface area contributed by atoms with Gasteiger partial charge in [-0.3, -0.25) is 0 Å². The normalized spacial score (nSPS) is 13.2. The van der Waals surface area contributed by atoms with E-state index in [4.69, 9.17) is 4.74 Å². The summed E-state index contributed by atoms with van der Waals surface area (Å²) in [4.78, 5) is 11.0. The lowest BCUT2D eigenvalue weighted by molar-refractivity contribution is 0.0711. The topological polar surface area (TPSA) is 83.5 Å². The van der Waals surface area contributed by atoms with Gasteiger partial charge in [0, 0.05) is 0 Å². The maximum absolute atomic E-state index is 14.5. The third-order valence-corrected chi connectivity index (χ3v) is 6.31. The van der Waals surface area contributed by atoms with Crippen LogP contribution in [0.4, 0.5) is 17.6 Å². The van der Waals surface area contributed by atoms with Gasteiger partial charge in [-0.15, -0.1) is 0 Å². The fourth-order valence-corrected chi connectivity index (χ4v) is 4.14. The molecule has 10 heteroatoms. The first-order valence-corrected chi connectivity index (χ1v) is 12.1. The van der Waals surface area contributed by atoms with E-state index in [1.807, 2.05) is 62.3 Å². The number of carbonyl (C=O) groups is 1. The minimum absolute atomic E-state index is 0.0434. The lowest BCUT2D eigenvalue weighted by Gasteiger charge is -2.32. The highest BCUT2D eigenvalue weighted by Crippen LogP contribution is 2.40. The Morgan fingerprint density at radius 3 is 1.40 bits per heavy atom. The van der Waals surface area contributed by atoms with Crippen molar-refractivity contribution >= 4 is 16.1 Å². The molecule has 0 N–H and O–H groups in total. The van der Waals surface area contributed by atoms with Crippen LogP contribution in [0, 0.1) is 23.3 Å². The van der Waals surface area contributed by atoms with Gasteiger partial charge >= 0.3 is 5.97 Å². The van der Waals surface area contributed by atoms with Gasteiger partial charge in [-0.1, -0.05) is 74.4 Å². The monoisotopic (exact) mass is 517 g/mol. The molecule has 0 amide bonds. The molecule has 0 saturated heterocycles. The third kappa shape index (κ3) is 5.69. The van der Waals surface area contributed by atoms with Crippen molar-refractivity contribution in [3.8, 4) is 5.75 Å². The molecule has 35 heavy (non-hydrogen) atoms. The first-order valence-electron chi connectivity index (χ1n) is 10.7.